The highest BCUT2D eigenvalue weighted by Gasteiger charge is 2.09. The lowest BCUT2D eigenvalue weighted by molar-refractivity contribution is -0.136. The van der Waals surface area contributed by atoms with Crippen LogP contribution in [0.4, 0.5) is 0 Å². The monoisotopic (exact) mass is 204 g/mol. The van der Waals surface area contributed by atoms with Crippen molar-refractivity contribution >= 4 is 5.97 Å². The molecule has 1 aromatic carbocycles. The van der Waals surface area contributed by atoms with E-state index < -0.39 is 5.97 Å². The van der Waals surface area contributed by atoms with E-state index in [0.29, 0.717) is 0 Å². The number of rotatable bonds is 2. The molecule has 0 fully saturated rings. The molecule has 0 atom stereocenters. The number of carbonyl (C=O) groups is 1. The molecule has 1 aliphatic rings. The van der Waals surface area contributed by atoms with Crippen molar-refractivity contribution in [1.82, 2.24) is 0 Å². The first-order valence-electron chi connectivity index (χ1n) is 5.58. The molecule has 0 saturated carbocycles. The van der Waals surface area contributed by atoms with Crippen molar-refractivity contribution in [1.29, 1.82) is 0 Å². The van der Waals surface area contributed by atoms with Gasteiger partial charge in [-0.15, -0.1) is 0 Å². The highest BCUT2D eigenvalue weighted by atomic mass is 16.4. The molecule has 0 heterocycles. The van der Waals surface area contributed by atoms with Crippen molar-refractivity contribution < 1.29 is 9.90 Å². The summed E-state index contributed by atoms with van der Waals surface area (Å²) in [5.74, 6) is -0.747. The highest BCUT2D eigenvalue weighted by molar-refractivity contribution is 5.70. The average Bonchev–Trinajstić information content (AvgIpc) is 2.41. The fourth-order valence-corrected chi connectivity index (χ4v) is 2.25. The molecule has 1 aromatic rings. The number of fused-ring (bicyclic) bond motifs is 1. The summed E-state index contributed by atoms with van der Waals surface area (Å²) in [6.45, 7) is 0. The number of hydrogen-bond acceptors (Lipinski definition) is 1. The molecule has 0 aliphatic heterocycles. The molecule has 0 unspecified atom stereocenters. The molecule has 0 radical (unpaired) electrons. The molecular weight excluding hydrogens is 188 g/mol. The summed E-state index contributed by atoms with van der Waals surface area (Å²) in [5.41, 5.74) is 3.72. The van der Waals surface area contributed by atoms with Crippen molar-refractivity contribution in [3.63, 3.8) is 0 Å². The van der Waals surface area contributed by atoms with Gasteiger partial charge in [-0.2, -0.15) is 0 Å². The van der Waals surface area contributed by atoms with Gasteiger partial charge >= 0.3 is 5.97 Å². The minimum absolute atomic E-state index is 0.146. The molecule has 80 valence electrons. The van der Waals surface area contributed by atoms with E-state index in [2.05, 4.69) is 12.1 Å². The third-order valence-electron chi connectivity index (χ3n) is 3.02. The molecule has 0 amide bonds. The Hall–Kier alpha value is -1.31. The Morgan fingerprint density at radius 2 is 1.87 bits per heavy atom. The molecule has 0 aromatic heterocycles. The standard InChI is InChI=1S/C13H16O2/c14-13(15)9-10-6-7-11-4-2-1-3-5-12(11)8-10/h6-8H,1-5,9H2,(H,14,15). The van der Waals surface area contributed by atoms with Crippen LogP contribution in [0.25, 0.3) is 0 Å². The molecule has 2 nitrogen and oxygen atoms in total. The van der Waals surface area contributed by atoms with Crippen LogP contribution < -0.4 is 0 Å². The Labute approximate surface area is 89.9 Å². The second-order valence-electron chi connectivity index (χ2n) is 4.23. The van der Waals surface area contributed by atoms with Gasteiger partial charge in [-0.05, 0) is 42.4 Å². The zero-order valence-electron chi connectivity index (χ0n) is 8.83. The maximum atomic E-state index is 10.6. The van der Waals surface area contributed by atoms with Crippen molar-refractivity contribution in [2.45, 2.75) is 38.5 Å². The van der Waals surface area contributed by atoms with Crippen LogP contribution in [0, 0.1) is 0 Å². The average molecular weight is 204 g/mol. The van der Waals surface area contributed by atoms with Crippen molar-refractivity contribution in [2.24, 2.45) is 0 Å². The first-order valence-corrected chi connectivity index (χ1v) is 5.58. The topological polar surface area (TPSA) is 37.3 Å². The summed E-state index contributed by atoms with van der Waals surface area (Å²) < 4.78 is 0. The quantitative estimate of drug-likeness (QED) is 0.752. The maximum absolute atomic E-state index is 10.6. The van der Waals surface area contributed by atoms with Crippen LogP contribution >= 0.6 is 0 Å². The molecule has 1 aliphatic carbocycles. The summed E-state index contributed by atoms with van der Waals surface area (Å²) >= 11 is 0. The SMILES string of the molecule is O=C(O)Cc1ccc2c(c1)CCCCC2. The number of hydrogen-bond donors (Lipinski definition) is 1. The second kappa shape index (κ2) is 4.47. The Balaban J connectivity index is 2.23. The van der Waals surface area contributed by atoms with Gasteiger partial charge in [-0.25, -0.2) is 0 Å². The van der Waals surface area contributed by atoms with Crippen molar-refractivity contribution in [3.8, 4) is 0 Å². The van der Waals surface area contributed by atoms with E-state index >= 15 is 0 Å². The summed E-state index contributed by atoms with van der Waals surface area (Å²) in [5, 5.41) is 8.73. The van der Waals surface area contributed by atoms with Gasteiger partial charge in [-0.1, -0.05) is 24.6 Å². The Morgan fingerprint density at radius 3 is 2.60 bits per heavy atom. The van der Waals surface area contributed by atoms with Crippen LogP contribution in [0.1, 0.15) is 36.0 Å². The highest BCUT2D eigenvalue weighted by Crippen LogP contribution is 2.21. The Morgan fingerprint density at radius 1 is 1.13 bits per heavy atom. The van der Waals surface area contributed by atoms with E-state index in [4.69, 9.17) is 5.11 Å². The van der Waals surface area contributed by atoms with Gasteiger partial charge in [0.2, 0.25) is 0 Å². The lowest BCUT2D eigenvalue weighted by Gasteiger charge is -2.07. The van der Waals surface area contributed by atoms with Crippen molar-refractivity contribution in [2.75, 3.05) is 0 Å². The van der Waals surface area contributed by atoms with Gasteiger partial charge in [0, 0.05) is 0 Å². The zero-order valence-corrected chi connectivity index (χ0v) is 8.83. The lowest BCUT2D eigenvalue weighted by atomic mass is 9.99. The van der Waals surface area contributed by atoms with Gasteiger partial charge in [-0.3, -0.25) is 4.79 Å². The van der Waals surface area contributed by atoms with Gasteiger partial charge < -0.3 is 5.11 Å². The number of benzene rings is 1. The normalized spacial score (nSPS) is 15.5. The van der Waals surface area contributed by atoms with Crippen LogP contribution in [0.5, 0.6) is 0 Å². The van der Waals surface area contributed by atoms with Gasteiger partial charge in [0.15, 0.2) is 0 Å². The van der Waals surface area contributed by atoms with E-state index in [-0.39, 0.29) is 6.42 Å². The predicted molar refractivity (Wildman–Crippen MR) is 59.0 cm³/mol. The zero-order chi connectivity index (χ0) is 10.7. The van der Waals surface area contributed by atoms with Crippen LogP contribution in [0.2, 0.25) is 0 Å². The molecule has 2 rings (SSSR count). The van der Waals surface area contributed by atoms with Crippen LogP contribution in [-0.2, 0) is 24.1 Å². The van der Waals surface area contributed by atoms with Crippen LogP contribution in [-0.4, -0.2) is 11.1 Å². The third kappa shape index (κ3) is 2.58. The Kier molecular flexibility index (Phi) is 3.05. The number of carboxylic acids is 1. The summed E-state index contributed by atoms with van der Waals surface area (Å²) in [6.07, 6.45) is 6.22. The molecular formula is C13H16O2. The van der Waals surface area contributed by atoms with E-state index in [9.17, 15) is 4.79 Å². The number of aryl methyl sites for hydroxylation is 2. The minimum atomic E-state index is -0.747. The molecule has 2 heteroatoms. The summed E-state index contributed by atoms with van der Waals surface area (Å²) in [4.78, 5) is 10.6. The molecule has 0 saturated heterocycles. The second-order valence-corrected chi connectivity index (χ2v) is 4.23. The summed E-state index contributed by atoms with van der Waals surface area (Å²) in [6, 6.07) is 6.14. The smallest absolute Gasteiger partial charge is 0.307 e. The fraction of sp³-hybridized carbons (Fsp3) is 0.462. The fourth-order valence-electron chi connectivity index (χ4n) is 2.25. The van der Waals surface area contributed by atoms with Gasteiger partial charge in [0.1, 0.15) is 0 Å². The van der Waals surface area contributed by atoms with Crippen LogP contribution in [0.3, 0.4) is 0 Å². The van der Waals surface area contributed by atoms with E-state index in [0.717, 1.165) is 18.4 Å². The van der Waals surface area contributed by atoms with Gasteiger partial charge in [0.05, 0.1) is 6.42 Å². The molecule has 1 N–H and O–H groups in total. The first kappa shape index (κ1) is 10.2. The maximum Gasteiger partial charge on any atom is 0.307 e. The minimum Gasteiger partial charge on any atom is -0.481 e. The first-order chi connectivity index (χ1) is 7.25. The lowest BCUT2D eigenvalue weighted by Crippen LogP contribution is -2.01. The third-order valence-corrected chi connectivity index (χ3v) is 3.02. The van der Waals surface area contributed by atoms with E-state index in [1.807, 2.05) is 6.07 Å². The largest absolute Gasteiger partial charge is 0.481 e. The predicted octanol–water partition coefficient (Wildman–Crippen LogP) is 2.58. The molecule has 15 heavy (non-hydrogen) atoms. The van der Waals surface area contributed by atoms with Gasteiger partial charge in [0.25, 0.3) is 0 Å². The number of aliphatic carboxylic acids is 1. The molecule has 0 spiro atoms. The Bertz CT molecular complexity index is 369. The molecule has 0 bridgehead atoms. The summed E-state index contributed by atoms with van der Waals surface area (Å²) in [7, 11) is 0. The van der Waals surface area contributed by atoms with Crippen LogP contribution in [0.15, 0.2) is 18.2 Å². The van der Waals surface area contributed by atoms with E-state index in [1.54, 1.807) is 0 Å². The number of carboxylic acid groups (broad SMARTS) is 1. The van der Waals surface area contributed by atoms with E-state index in [1.165, 1.54) is 30.4 Å². The van der Waals surface area contributed by atoms with Crippen molar-refractivity contribution in [3.05, 3.63) is 34.9 Å².